The number of hydrogen-bond acceptors (Lipinski definition) is 4. The van der Waals surface area contributed by atoms with Crippen LogP contribution < -0.4 is 10.6 Å². The van der Waals surface area contributed by atoms with E-state index in [0.717, 1.165) is 12.1 Å². The van der Waals surface area contributed by atoms with Gasteiger partial charge in [0.15, 0.2) is 0 Å². The van der Waals surface area contributed by atoms with Crippen LogP contribution in [0.5, 0.6) is 0 Å². The smallest absolute Gasteiger partial charge is 0.257 e. The zero-order chi connectivity index (χ0) is 16.8. The van der Waals surface area contributed by atoms with Crippen molar-refractivity contribution in [1.29, 1.82) is 0 Å². The van der Waals surface area contributed by atoms with Crippen molar-refractivity contribution in [2.75, 3.05) is 31.3 Å². The zero-order valence-corrected chi connectivity index (χ0v) is 12.9. The van der Waals surface area contributed by atoms with Crippen LogP contribution in [0.3, 0.4) is 0 Å². The Bertz CT molecular complexity index is 607. The molecule has 9 heteroatoms. The fraction of sp³-hybridized carbons (Fsp3) is 0.357. The van der Waals surface area contributed by atoms with Gasteiger partial charge in [-0.3, -0.25) is 14.4 Å². The molecule has 1 aliphatic heterocycles. The molecule has 1 heterocycles. The first-order chi connectivity index (χ1) is 11.0. The average Bonchev–Trinajstić information content (AvgIpc) is 2.89. The minimum absolute atomic E-state index is 0.0149. The Morgan fingerprint density at radius 1 is 1.17 bits per heavy atom. The summed E-state index contributed by atoms with van der Waals surface area (Å²) in [6, 6.07) is 3.15. The monoisotopic (exact) mass is 343 g/mol. The number of halogens is 2. The lowest BCUT2D eigenvalue weighted by atomic mass is 10.2. The molecule has 2 rings (SSSR count). The Balaban J connectivity index is 1.71. The standard InChI is InChI=1S/C14H15F2N3O3S/c15-9-2-1-3-10(16)13(9)14(22)18-5-4-17-11(20)6-19-8-23-7-12(19)21/h1-3H,4-8H2,(H,17,20)(H,18,22). The van der Waals surface area contributed by atoms with Gasteiger partial charge >= 0.3 is 0 Å². The van der Waals surface area contributed by atoms with Crippen molar-refractivity contribution < 1.29 is 23.2 Å². The molecular formula is C14H15F2N3O3S. The summed E-state index contributed by atoms with van der Waals surface area (Å²) in [6.07, 6.45) is 0. The van der Waals surface area contributed by atoms with E-state index in [-0.39, 0.29) is 31.4 Å². The molecule has 124 valence electrons. The zero-order valence-electron chi connectivity index (χ0n) is 12.1. The molecule has 0 saturated carbocycles. The summed E-state index contributed by atoms with van der Waals surface area (Å²) in [7, 11) is 0. The molecule has 1 fully saturated rings. The normalized spacial score (nSPS) is 14.0. The first-order valence-corrected chi connectivity index (χ1v) is 7.99. The van der Waals surface area contributed by atoms with Gasteiger partial charge in [-0.2, -0.15) is 0 Å². The highest BCUT2D eigenvalue weighted by atomic mass is 32.2. The van der Waals surface area contributed by atoms with Crippen LogP contribution in [-0.2, 0) is 9.59 Å². The van der Waals surface area contributed by atoms with Gasteiger partial charge in [-0.25, -0.2) is 8.78 Å². The van der Waals surface area contributed by atoms with Crippen LogP contribution in [0.25, 0.3) is 0 Å². The van der Waals surface area contributed by atoms with E-state index in [1.54, 1.807) is 0 Å². The van der Waals surface area contributed by atoms with Crippen LogP contribution in [0.2, 0.25) is 0 Å². The van der Waals surface area contributed by atoms with E-state index in [9.17, 15) is 23.2 Å². The van der Waals surface area contributed by atoms with Crippen LogP contribution in [0.4, 0.5) is 8.78 Å². The molecule has 0 radical (unpaired) electrons. The number of carbonyl (C=O) groups is 3. The molecule has 1 saturated heterocycles. The van der Waals surface area contributed by atoms with E-state index >= 15 is 0 Å². The lowest BCUT2D eigenvalue weighted by Gasteiger charge is -2.14. The number of nitrogens with zero attached hydrogens (tertiary/aromatic N) is 1. The van der Waals surface area contributed by atoms with E-state index < -0.39 is 23.1 Å². The molecule has 1 aromatic carbocycles. The number of thioether (sulfide) groups is 1. The lowest BCUT2D eigenvalue weighted by Crippen LogP contribution is -2.41. The molecule has 0 unspecified atom stereocenters. The fourth-order valence-corrected chi connectivity index (χ4v) is 2.85. The van der Waals surface area contributed by atoms with Crippen molar-refractivity contribution in [1.82, 2.24) is 15.5 Å². The number of hydrogen-bond donors (Lipinski definition) is 2. The van der Waals surface area contributed by atoms with Gasteiger partial charge in [0.2, 0.25) is 11.8 Å². The molecule has 0 aliphatic carbocycles. The summed E-state index contributed by atoms with van der Waals surface area (Å²) >= 11 is 1.43. The van der Waals surface area contributed by atoms with Gasteiger partial charge in [0.25, 0.3) is 5.91 Å². The van der Waals surface area contributed by atoms with Gasteiger partial charge in [0.05, 0.1) is 11.6 Å². The molecule has 1 aliphatic rings. The molecular weight excluding hydrogens is 328 g/mol. The summed E-state index contributed by atoms with van der Waals surface area (Å²) < 4.78 is 26.8. The van der Waals surface area contributed by atoms with Crippen molar-refractivity contribution in [3.8, 4) is 0 Å². The second-order valence-electron chi connectivity index (χ2n) is 4.77. The van der Waals surface area contributed by atoms with Crippen molar-refractivity contribution in [2.45, 2.75) is 0 Å². The van der Waals surface area contributed by atoms with Gasteiger partial charge in [0, 0.05) is 13.1 Å². The van der Waals surface area contributed by atoms with E-state index in [4.69, 9.17) is 0 Å². The molecule has 0 atom stereocenters. The van der Waals surface area contributed by atoms with Crippen molar-refractivity contribution in [3.05, 3.63) is 35.4 Å². The van der Waals surface area contributed by atoms with Crippen LogP contribution in [0.15, 0.2) is 18.2 Å². The van der Waals surface area contributed by atoms with Crippen LogP contribution >= 0.6 is 11.8 Å². The highest BCUT2D eigenvalue weighted by molar-refractivity contribution is 8.00. The molecule has 0 spiro atoms. The maximum Gasteiger partial charge on any atom is 0.257 e. The fourth-order valence-electron chi connectivity index (χ4n) is 1.95. The van der Waals surface area contributed by atoms with Crippen molar-refractivity contribution >= 4 is 29.5 Å². The third-order valence-electron chi connectivity index (χ3n) is 3.08. The summed E-state index contributed by atoms with van der Waals surface area (Å²) in [6.45, 7) is 0.0680. The summed E-state index contributed by atoms with van der Waals surface area (Å²) in [5.41, 5.74) is -0.654. The predicted molar refractivity (Wildman–Crippen MR) is 80.7 cm³/mol. The van der Waals surface area contributed by atoms with E-state index in [1.165, 1.54) is 22.7 Å². The third kappa shape index (κ3) is 4.65. The second kappa shape index (κ2) is 7.91. The Labute approximate surface area is 135 Å². The maximum absolute atomic E-state index is 13.4. The molecule has 0 aromatic heterocycles. The van der Waals surface area contributed by atoms with E-state index in [1.807, 2.05) is 0 Å². The van der Waals surface area contributed by atoms with Crippen LogP contribution in [0.1, 0.15) is 10.4 Å². The van der Waals surface area contributed by atoms with Gasteiger partial charge in [-0.15, -0.1) is 11.8 Å². The lowest BCUT2D eigenvalue weighted by molar-refractivity contribution is -0.132. The minimum atomic E-state index is -0.948. The Kier molecular flexibility index (Phi) is 5.91. The third-order valence-corrected chi connectivity index (χ3v) is 4.03. The first-order valence-electron chi connectivity index (χ1n) is 6.83. The Morgan fingerprint density at radius 3 is 2.43 bits per heavy atom. The van der Waals surface area contributed by atoms with Crippen molar-refractivity contribution in [2.24, 2.45) is 0 Å². The van der Waals surface area contributed by atoms with E-state index in [2.05, 4.69) is 10.6 Å². The number of amides is 3. The van der Waals surface area contributed by atoms with Gasteiger partial charge in [-0.05, 0) is 12.1 Å². The SMILES string of the molecule is O=C(CN1CSCC1=O)NCCNC(=O)c1c(F)cccc1F. The van der Waals surface area contributed by atoms with Crippen molar-refractivity contribution in [3.63, 3.8) is 0 Å². The number of carbonyl (C=O) groups excluding carboxylic acids is 3. The minimum Gasteiger partial charge on any atom is -0.353 e. The molecule has 0 bridgehead atoms. The highest BCUT2D eigenvalue weighted by Crippen LogP contribution is 2.14. The van der Waals surface area contributed by atoms with E-state index in [0.29, 0.717) is 11.6 Å². The molecule has 23 heavy (non-hydrogen) atoms. The maximum atomic E-state index is 13.4. The molecule has 2 N–H and O–H groups in total. The topological polar surface area (TPSA) is 78.5 Å². The van der Waals surface area contributed by atoms with Crippen LogP contribution in [-0.4, -0.2) is 53.9 Å². The van der Waals surface area contributed by atoms with Gasteiger partial charge in [0.1, 0.15) is 23.7 Å². The number of benzene rings is 1. The van der Waals surface area contributed by atoms with Gasteiger partial charge < -0.3 is 15.5 Å². The highest BCUT2D eigenvalue weighted by Gasteiger charge is 2.22. The second-order valence-corrected chi connectivity index (χ2v) is 5.73. The summed E-state index contributed by atoms with van der Waals surface area (Å²) in [5.74, 6) is -2.37. The Hall–Kier alpha value is -2.16. The average molecular weight is 343 g/mol. The number of nitrogens with one attached hydrogen (secondary N) is 2. The number of rotatable bonds is 6. The quantitative estimate of drug-likeness (QED) is 0.731. The molecule has 3 amide bonds. The summed E-state index contributed by atoms with van der Waals surface area (Å²) in [5, 5.41) is 4.84. The molecule has 1 aromatic rings. The summed E-state index contributed by atoms with van der Waals surface area (Å²) in [4.78, 5) is 36.1. The Morgan fingerprint density at radius 2 is 1.83 bits per heavy atom. The van der Waals surface area contributed by atoms with Gasteiger partial charge in [-0.1, -0.05) is 6.07 Å². The van der Waals surface area contributed by atoms with Crippen LogP contribution in [0, 0.1) is 11.6 Å². The predicted octanol–water partition coefficient (Wildman–Crippen LogP) is 0.344. The largest absolute Gasteiger partial charge is 0.353 e. The molecule has 6 nitrogen and oxygen atoms in total. The first kappa shape index (κ1) is 17.2.